The molecular formula is C15H21F3N2O. The van der Waals surface area contributed by atoms with E-state index in [9.17, 15) is 18.0 Å². The molecule has 0 N–H and O–H groups in total. The molecule has 0 unspecified atom stereocenters. The van der Waals surface area contributed by atoms with Gasteiger partial charge in [-0.05, 0) is 45.4 Å². The van der Waals surface area contributed by atoms with Gasteiger partial charge in [0.05, 0.1) is 17.3 Å². The molecule has 0 aromatic carbocycles. The van der Waals surface area contributed by atoms with Crippen molar-refractivity contribution in [3.8, 4) is 0 Å². The number of hydrogen-bond acceptors (Lipinski definition) is 2. The summed E-state index contributed by atoms with van der Waals surface area (Å²) in [5.41, 5.74) is 0.238. The van der Waals surface area contributed by atoms with Crippen LogP contribution >= 0.6 is 0 Å². The molecule has 1 aliphatic rings. The van der Waals surface area contributed by atoms with Crippen LogP contribution in [0.15, 0.2) is 0 Å². The molecule has 0 radical (unpaired) electrons. The van der Waals surface area contributed by atoms with E-state index in [-0.39, 0.29) is 17.3 Å². The standard InChI is InChI=1S/C15H21F3N2O/c1-4-11-5-7-12(8-6-11)20-10(3)13(9(2)19-20)14(21)15(16,17)18/h11-12H,4-8H2,1-3H3. The van der Waals surface area contributed by atoms with Gasteiger partial charge in [-0.3, -0.25) is 9.48 Å². The van der Waals surface area contributed by atoms with Gasteiger partial charge in [0.15, 0.2) is 0 Å². The molecule has 1 heterocycles. The first-order valence-corrected chi connectivity index (χ1v) is 7.42. The van der Waals surface area contributed by atoms with Crippen molar-refractivity contribution in [2.45, 2.75) is 65.1 Å². The van der Waals surface area contributed by atoms with E-state index >= 15 is 0 Å². The maximum atomic E-state index is 12.7. The highest BCUT2D eigenvalue weighted by Crippen LogP contribution is 2.35. The van der Waals surface area contributed by atoms with Gasteiger partial charge in [-0.25, -0.2) is 0 Å². The van der Waals surface area contributed by atoms with Gasteiger partial charge in [0.1, 0.15) is 0 Å². The van der Waals surface area contributed by atoms with Gasteiger partial charge in [-0.2, -0.15) is 18.3 Å². The van der Waals surface area contributed by atoms with Gasteiger partial charge < -0.3 is 0 Å². The molecule has 1 saturated carbocycles. The summed E-state index contributed by atoms with van der Waals surface area (Å²) >= 11 is 0. The zero-order chi connectivity index (χ0) is 15.8. The number of hydrogen-bond donors (Lipinski definition) is 0. The summed E-state index contributed by atoms with van der Waals surface area (Å²) in [6, 6.07) is 0.112. The highest BCUT2D eigenvalue weighted by Gasteiger charge is 2.42. The first-order chi connectivity index (χ1) is 9.75. The molecule has 118 valence electrons. The van der Waals surface area contributed by atoms with E-state index in [0.717, 1.165) is 32.1 Å². The molecule has 0 spiro atoms. The smallest absolute Gasteiger partial charge is 0.284 e. The highest BCUT2D eigenvalue weighted by molar-refractivity contribution is 6.02. The largest absolute Gasteiger partial charge is 0.455 e. The number of Topliss-reactive ketones (excluding diaryl/α,β-unsaturated/α-hetero) is 1. The Morgan fingerprint density at radius 1 is 1.24 bits per heavy atom. The molecule has 3 nitrogen and oxygen atoms in total. The van der Waals surface area contributed by atoms with Gasteiger partial charge in [0.2, 0.25) is 0 Å². The van der Waals surface area contributed by atoms with Crippen molar-refractivity contribution in [3.63, 3.8) is 0 Å². The summed E-state index contributed by atoms with van der Waals surface area (Å²) in [5, 5.41) is 4.22. The number of carbonyl (C=O) groups is 1. The van der Waals surface area contributed by atoms with E-state index in [1.807, 2.05) is 0 Å². The van der Waals surface area contributed by atoms with E-state index in [4.69, 9.17) is 0 Å². The minimum atomic E-state index is -4.84. The number of alkyl halides is 3. The summed E-state index contributed by atoms with van der Waals surface area (Å²) in [5.74, 6) is -1.08. The Morgan fingerprint density at radius 3 is 2.29 bits per heavy atom. The average molecular weight is 302 g/mol. The molecule has 2 rings (SSSR count). The van der Waals surface area contributed by atoms with Crippen molar-refractivity contribution in [2.75, 3.05) is 0 Å². The van der Waals surface area contributed by atoms with Crippen LogP contribution in [-0.2, 0) is 0 Å². The fraction of sp³-hybridized carbons (Fsp3) is 0.733. The summed E-state index contributed by atoms with van der Waals surface area (Å²) in [6.07, 6.45) is 0.273. The normalized spacial score (nSPS) is 23.3. The second-order valence-electron chi connectivity index (χ2n) is 5.90. The van der Waals surface area contributed by atoms with E-state index in [1.165, 1.54) is 6.92 Å². The molecular weight excluding hydrogens is 281 g/mol. The highest BCUT2D eigenvalue weighted by atomic mass is 19.4. The lowest BCUT2D eigenvalue weighted by Crippen LogP contribution is -2.24. The Hall–Kier alpha value is -1.33. The van der Waals surface area contributed by atoms with Crippen molar-refractivity contribution < 1.29 is 18.0 Å². The van der Waals surface area contributed by atoms with E-state index < -0.39 is 12.0 Å². The molecule has 1 fully saturated rings. The van der Waals surface area contributed by atoms with Crippen LogP contribution in [0.1, 0.15) is 66.8 Å². The van der Waals surface area contributed by atoms with Crippen LogP contribution in [0.4, 0.5) is 13.2 Å². The summed E-state index contributed by atoms with van der Waals surface area (Å²) in [4.78, 5) is 11.5. The summed E-state index contributed by atoms with van der Waals surface area (Å²) < 4.78 is 39.6. The molecule has 0 aliphatic heterocycles. The number of ketones is 1. The third-order valence-corrected chi connectivity index (χ3v) is 4.55. The van der Waals surface area contributed by atoms with Gasteiger partial charge in [0, 0.05) is 5.69 Å². The van der Waals surface area contributed by atoms with E-state index in [1.54, 1.807) is 11.6 Å². The SMILES string of the molecule is CCC1CCC(n2nc(C)c(C(=O)C(F)(F)F)c2C)CC1. The van der Waals surface area contributed by atoms with Crippen LogP contribution in [0.3, 0.4) is 0 Å². The third kappa shape index (κ3) is 3.14. The number of carbonyl (C=O) groups excluding carboxylic acids is 1. The lowest BCUT2D eigenvalue weighted by atomic mass is 9.84. The summed E-state index contributed by atoms with van der Waals surface area (Å²) in [6.45, 7) is 5.19. The zero-order valence-electron chi connectivity index (χ0n) is 12.6. The molecule has 0 bridgehead atoms. The van der Waals surface area contributed by atoms with Crippen LogP contribution in [0.2, 0.25) is 0 Å². The minimum Gasteiger partial charge on any atom is -0.284 e. The molecule has 6 heteroatoms. The number of halogens is 3. The van der Waals surface area contributed by atoms with Crippen LogP contribution < -0.4 is 0 Å². The minimum absolute atomic E-state index is 0.112. The molecule has 0 atom stereocenters. The van der Waals surface area contributed by atoms with Crippen LogP contribution in [0.25, 0.3) is 0 Å². The molecule has 21 heavy (non-hydrogen) atoms. The van der Waals surface area contributed by atoms with Gasteiger partial charge in [0.25, 0.3) is 5.78 Å². The fourth-order valence-electron chi connectivity index (χ4n) is 3.29. The number of nitrogens with zero attached hydrogens (tertiary/aromatic N) is 2. The van der Waals surface area contributed by atoms with Crippen molar-refractivity contribution in [1.29, 1.82) is 0 Å². The Balaban J connectivity index is 2.26. The van der Waals surface area contributed by atoms with Crippen molar-refractivity contribution in [1.82, 2.24) is 9.78 Å². The average Bonchev–Trinajstić information content (AvgIpc) is 2.72. The van der Waals surface area contributed by atoms with Crippen LogP contribution in [-0.4, -0.2) is 21.7 Å². The molecule has 0 saturated heterocycles. The number of rotatable bonds is 3. The van der Waals surface area contributed by atoms with E-state index in [0.29, 0.717) is 11.6 Å². The van der Waals surface area contributed by atoms with Gasteiger partial charge >= 0.3 is 6.18 Å². The van der Waals surface area contributed by atoms with Crippen molar-refractivity contribution >= 4 is 5.78 Å². The fourth-order valence-corrected chi connectivity index (χ4v) is 3.29. The molecule has 1 aliphatic carbocycles. The zero-order valence-corrected chi connectivity index (χ0v) is 12.6. The van der Waals surface area contributed by atoms with Crippen LogP contribution in [0, 0.1) is 19.8 Å². The molecule has 1 aromatic rings. The summed E-state index contributed by atoms with van der Waals surface area (Å²) in [7, 11) is 0. The lowest BCUT2D eigenvalue weighted by Gasteiger charge is -2.28. The first-order valence-electron chi connectivity index (χ1n) is 7.42. The predicted molar refractivity (Wildman–Crippen MR) is 73.4 cm³/mol. The second kappa shape index (κ2) is 5.81. The van der Waals surface area contributed by atoms with Gasteiger partial charge in [-0.1, -0.05) is 13.3 Å². The first kappa shape index (κ1) is 16.0. The maximum absolute atomic E-state index is 12.7. The Labute approximate surface area is 122 Å². The Kier molecular flexibility index (Phi) is 4.44. The second-order valence-corrected chi connectivity index (χ2v) is 5.90. The third-order valence-electron chi connectivity index (χ3n) is 4.55. The van der Waals surface area contributed by atoms with E-state index in [2.05, 4.69) is 12.0 Å². The number of aryl methyl sites for hydroxylation is 1. The Morgan fingerprint density at radius 2 is 1.81 bits per heavy atom. The monoisotopic (exact) mass is 302 g/mol. The van der Waals surface area contributed by atoms with Crippen molar-refractivity contribution in [3.05, 3.63) is 17.0 Å². The number of aromatic nitrogens is 2. The Bertz CT molecular complexity index is 526. The van der Waals surface area contributed by atoms with Crippen molar-refractivity contribution in [2.24, 2.45) is 5.92 Å². The molecule has 1 aromatic heterocycles. The topological polar surface area (TPSA) is 34.9 Å². The molecule has 0 amide bonds. The predicted octanol–water partition coefficient (Wildman–Crippen LogP) is 4.39. The quantitative estimate of drug-likeness (QED) is 0.776. The lowest BCUT2D eigenvalue weighted by molar-refractivity contribution is -0.0886. The maximum Gasteiger partial charge on any atom is 0.455 e. The van der Waals surface area contributed by atoms with Crippen LogP contribution in [0.5, 0.6) is 0 Å². The van der Waals surface area contributed by atoms with Gasteiger partial charge in [-0.15, -0.1) is 0 Å².